The Morgan fingerprint density at radius 1 is 1.15 bits per heavy atom. The number of nitrogens with zero attached hydrogens (tertiary/aromatic N) is 2. The first-order valence-corrected chi connectivity index (χ1v) is 8.79. The van der Waals surface area contributed by atoms with Crippen molar-refractivity contribution in [3.05, 3.63) is 62.7 Å². The minimum absolute atomic E-state index is 0.0420. The molecule has 0 atom stereocenters. The van der Waals surface area contributed by atoms with Crippen LogP contribution in [0.2, 0.25) is 0 Å². The topological polar surface area (TPSA) is 81.3 Å². The van der Waals surface area contributed by atoms with E-state index in [0.29, 0.717) is 12.5 Å². The number of carbonyl (C=O) groups is 1. The van der Waals surface area contributed by atoms with Gasteiger partial charge < -0.3 is 5.11 Å². The van der Waals surface area contributed by atoms with Gasteiger partial charge in [0.1, 0.15) is 5.82 Å². The smallest absolute Gasteiger partial charge is 0.335 e. The van der Waals surface area contributed by atoms with Crippen LogP contribution in [0.25, 0.3) is 5.69 Å². The van der Waals surface area contributed by atoms with E-state index in [2.05, 4.69) is 0 Å². The number of aromatic nitrogens is 2. The Bertz CT molecular complexity index is 909. The molecule has 0 radical (unpaired) electrons. The van der Waals surface area contributed by atoms with E-state index in [-0.39, 0.29) is 24.1 Å². The molecule has 0 bridgehead atoms. The van der Waals surface area contributed by atoms with E-state index in [0.717, 1.165) is 30.3 Å². The summed E-state index contributed by atoms with van der Waals surface area (Å²) in [4.78, 5) is 36.5. The van der Waals surface area contributed by atoms with Crippen molar-refractivity contribution in [1.82, 2.24) is 9.13 Å². The lowest BCUT2D eigenvalue weighted by molar-refractivity contribution is -0.136. The molecule has 2 aromatic rings. The Hall–Kier alpha value is -2.70. The van der Waals surface area contributed by atoms with Gasteiger partial charge in [-0.15, -0.1) is 0 Å². The molecule has 3 rings (SSSR count). The van der Waals surface area contributed by atoms with Crippen LogP contribution < -0.4 is 11.2 Å². The van der Waals surface area contributed by atoms with Crippen molar-refractivity contribution in [3.8, 4) is 5.69 Å². The van der Waals surface area contributed by atoms with Crippen LogP contribution in [-0.2, 0) is 17.8 Å². The van der Waals surface area contributed by atoms with E-state index in [1.165, 1.54) is 35.0 Å². The fraction of sp³-hybridized carbons (Fsp3) is 0.421. The van der Waals surface area contributed by atoms with Crippen molar-refractivity contribution in [3.63, 3.8) is 0 Å². The highest BCUT2D eigenvalue weighted by molar-refractivity contribution is 5.67. The minimum atomic E-state index is -1.01. The molecule has 7 heteroatoms. The second-order valence-corrected chi connectivity index (χ2v) is 6.75. The zero-order chi connectivity index (χ0) is 18.7. The summed E-state index contributed by atoms with van der Waals surface area (Å²) < 4.78 is 15.7. The summed E-state index contributed by atoms with van der Waals surface area (Å²) in [6.07, 6.45) is 5.66. The Morgan fingerprint density at radius 3 is 2.42 bits per heavy atom. The number of aryl methyl sites for hydroxylation is 1. The lowest BCUT2D eigenvalue weighted by Crippen LogP contribution is -2.41. The predicted molar refractivity (Wildman–Crippen MR) is 94.2 cm³/mol. The van der Waals surface area contributed by atoms with Crippen molar-refractivity contribution in [2.45, 2.75) is 45.1 Å². The number of halogens is 1. The van der Waals surface area contributed by atoms with Gasteiger partial charge in [-0.05, 0) is 49.4 Å². The third-order valence-corrected chi connectivity index (χ3v) is 4.85. The second kappa shape index (κ2) is 7.68. The molecule has 26 heavy (non-hydrogen) atoms. The van der Waals surface area contributed by atoms with Crippen LogP contribution in [0.3, 0.4) is 0 Å². The largest absolute Gasteiger partial charge is 0.481 e. The van der Waals surface area contributed by atoms with Gasteiger partial charge in [-0.1, -0.05) is 12.8 Å². The van der Waals surface area contributed by atoms with E-state index in [1.807, 2.05) is 0 Å². The third kappa shape index (κ3) is 3.92. The van der Waals surface area contributed by atoms with Gasteiger partial charge in [-0.3, -0.25) is 14.2 Å². The Labute approximate surface area is 149 Å². The predicted octanol–water partition coefficient (Wildman–Crippen LogP) is 2.35. The van der Waals surface area contributed by atoms with Gasteiger partial charge in [0.05, 0.1) is 5.69 Å². The lowest BCUT2D eigenvalue weighted by atomic mass is 10.1. The molecule has 0 saturated heterocycles. The molecular weight excluding hydrogens is 339 g/mol. The van der Waals surface area contributed by atoms with Gasteiger partial charge in [0.15, 0.2) is 0 Å². The van der Waals surface area contributed by atoms with E-state index in [1.54, 1.807) is 0 Å². The average Bonchev–Trinajstić information content (AvgIpc) is 3.11. The van der Waals surface area contributed by atoms with Crippen LogP contribution in [0.4, 0.5) is 4.39 Å². The normalized spacial score (nSPS) is 14.7. The molecule has 1 aliphatic rings. The first-order chi connectivity index (χ1) is 12.5. The van der Waals surface area contributed by atoms with Crippen LogP contribution >= 0.6 is 0 Å². The molecule has 1 aromatic carbocycles. The molecule has 1 fully saturated rings. The highest BCUT2D eigenvalue weighted by Gasteiger charge is 2.19. The van der Waals surface area contributed by atoms with E-state index in [4.69, 9.17) is 5.11 Å². The Morgan fingerprint density at radius 2 is 1.81 bits per heavy atom. The summed E-state index contributed by atoms with van der Waals surface area (Å²) >= 11 is 0. The standard InChI is InChI=1S/C19H21FN2O4/c20-15-6-8-16(9-7-15)22-18(25)14(5-10-17(23)24)12-21(19(22)26)11-13-3-1-2-4-13/h6-9,12-13H,1-5,10-11H2,(H,23,24). The first kappa shape index (κ1) is 18.1. The molecule has 6 nitrogen and oxygen atoms in total. The van der Waals surface area contributed by atoms with Crippen LogP contribution in [-0.4, -0.2) is 20.2 Å². The molecule has 1 saturated carbocycles. The van der Waals surface area contributed by atoms with Gasteiger partial charge in [0, 0.05) is 24.7 Å². The van der Waals surface area contributed by atoms with Gasteiger partial charge in [-0.25, -0.2) is 13.8 Å². The van der Waals surface area contributed by atoms with E-state index < -0.39 is 23.0 Å². The zero-order valence-electron chi connectivity index (χ0n) is 14.4. The quantitative estimate of drug-likeness (QED) is 0.857. The Kier molecular flexibility index (Phi) is 5.35. The lowest BCUT2D eigenvalue weighted by Gasteiger charge is -2.16. The van der Waals surface area contributed by atoms with Gasteiger partial charge >= 0.3 is 11.7 Å². The summed E-state index contributed by atoms with van der Waals surface area (Å²) in [5, 5.41) is 8.92. The molecular formula is C19H21FN2O4. The number of hydrogen-bond donors (Lipinski definition) is 1. The first-order valence-electron chi connectivity index (χ1n) is 8.79. The van der Waals surface area contributed by atoms with Gasteiger partial charge in [-0.2, -0.15) is 0 Å². The third-order valence-electron chi connectivity index (χ3n) is 4.85. The zero-order valence-corrected chi connectivity index (χ0v) is 14.4. The fourth-order valence-corrected chi connectivity index (χ4v) is 3.49. The molecule has 1 heterocycles. The summed E-state index contributed by atoms with van der Waals surface area (Å²) in [7, 11) is 0. The maximum atomic E-state index is 13.2. The summed E-state index contributed by atoms with van der Waals surface area (Å²) in [6.45, 7) is 0.500. The van der Waals surface area contributed by atoms with Gasteiger partial charge in [0.2, 0.25) is 0 Å². The van der Waals surface area contributed by atoms with Crippen molar-refractivity contribution in [1.29, 1.82) is 0 Å². The molecule has 1 aliphatic carbocycles. The highest BCUT2D eigenvalue weighted by Crippen LogP contribution is 2.25. The number of benzene rings is 1. The molecule has 1 N–H and O–H groups in total. The average molecular weight is 360 g/mol. The second-order valence-electron chi connectivity index (χ2n) is 6.75. The highest BCUT2D eigenvalue weighted by atomic mass is 19.1. The number of carboxylic acids is 1. The molecule has 0 spiro atoms. The maximum Gasteiger partial charge on any atom is 0.335 e. The van der Waals surface area contributed by atoms with Gasteiger partial charge in [0.25, 0.3) is 5.56 Å². The summed E-state index contributed by atoms with van der Waals surface area (Å²) in [5.41, 5.74) is -0.480. The van der Waals surface area contributed by atoms with E-state index >= 15 is 0 Å². The van der Waals surface area contributed by atoms with Crippen molar-refractivity contribution < 1.29 is 14.3 Å². The molecule has 0 amide bonds. The molecule has 1 aromatic heterocycles. The summed E-state index contributed by atoms with van der Waals surface area (Å²) in [5.74, 6) is -1.10. The molecule has 0 unspecified atom stereocenters. The SMILES string of the molecule is O=C(O)CCc1cn(CC2CCCC2)c(=O)n(-c2ccc(F)cc2)c1=O. The number of aliphatic carboxylic acids is 1. The van der Waals surface area contributed by atoms with Crippen molar-refractivity contribution in [2.75, 3.05) is 0 Å². The maximum absolute atomic E-state index is 13.2. The number of carboxylic acid groups (broad SMARTS) is 1. The minimum Gasteiger partial charge on any atom is -0.481 e. The van der Waals surface area contributed by atoms with Crippen molar-refractivity contribution in [2.24, 2.45) is 5.92 Å². The van der Waals surface area contributed by atoms with Crippen LogP contribution in [0.1, 0.15) is 37.7 Å². The number of rotatable bonds is 6. The monoisotopic (exact) mass is 360 g/mol. The van der Waals surface area contributed by atoms with Crippen LogP contribution in [0, 0.1) is 11.7 Å². The van der Waals surface area contributed by atoms with Crippen LogP contribution in [0.15, 0.2) is 40.1 Å². The van der Waals surface area contributed by atoms with Crippen LogP contribution in [0.5, 0.6) is 0 Å². The number of hydrogen-bond acceptors (Lipinski definition) is 3. The summed E-state index contributed by atoms with van der Waals surface area (Å²) in [6, 6.07) is 5.12. The molecule has 0 aliphatic heterocycles. The fourth-order valence-electron chi connectivity index (χ4n) is 3.49. The van der Waals surface area contributed by atoms with E-state index in [9.17, 15) is 18.8 Å². The molecule has 138 valence electrons. The Balaban J connectivity index is 2.08. The van der Waals surface area contributed by atoms with Crippen molar-refractivity contribution >= 4 is 5.97 Å².